The minimum Gasteiger partial charge on any atom is -0.378 e. The summed E-state index contributed by atoms with van der Waals surface area (Å²) in [5.41, 5.74) is 8.92. The molecule has 1 aliphatic carbocycles. The molecule has 0 aliphatic heterocycles. The van der Waals surface area contributed by atoms with Gasteiger partial charge in [0.15, 0.2) is 0 Å². The Morgan fingerprint density at radius 3 is 2.81 bits per heavy atom. The first-order valence-electron chi connectivity index (χ1n) is 6.02. The van der Waals surface area contributed by atoms with Gasteiger partial charge in [-0.15, -0.1) is 11.3 Å². The molecule has 1 heterocycles. The summed E-state index contributed by atoms with van der Waals surface area (Å²) in [6.45, 7) is 2.88. The van der Waals surface area contributed by atoms with Crippen molar-refractivity contribution >= 4 is 11.3 Å². The van der Waals surface area contributed by atoms with Crippen molar-refractivity contribution in [3.05, 3.63) is 16.1 Å². The van der Waals surface area contributed by atoms with Crippen LogP contribution in [0.3, 0.4) is 0 Å². The lowest BCUT2D eigenvalue weighted by Crippen LogP contribution is -2.30. The molecule has 0 radical (unpaired) electrons. The van der Waals surface area contributed by atoms with Gasteiger partial charge in [0.2, 0.25) is 0 Å². The lowest BCUT2D eigenvalue weighted by atomic mass is 9.94. The molecule has 1 aliphatic rings. The Bertz CT molecular complexity index is 319. The molecule has 2 N–H and O–H groups in total. The third-order valence-corrected chi connectivity index (χ3v) is 4.24. The van der Waals surface area contributed by atoms with Gasteiger partial charge in [0.25, 0.3) is 0 Å². The summed E-state index contributed by atoms with van der Waals surface area (Å²) < 4.78 is 5.88. The lowest BCUT2D eigenvalue weighted by Gasteiger charge is -2.26. The van der Waals surface area contributed by atoms with Crippen molar-refractivity contribution in [2.75, 3.05) is 6.61 Å². The van der Waals surface area contributed by atoms with Gasteiger partial charge in [-0.05, 0) is 32.6 Å². The summed E-state index contributed by atoms with van der Waals surface area (Å²) in [5, 5.41) is 0. The molecule has 1 aromatic heterocycles. The van der Waals surface area contributed by atoms with Crippen LogP contribution in [0.5, 0.6) is 0 Å². The van der Waals surface area contributed by atoms with Crippen molar-refractivity contribution in [3.8, 4) is 0 Å². The van der Waals surface area contributed by atoms with Gasteiger partial charge in [0.05, 0.1) is 23.9 Å². The number of aryl methyl sites for hydroxylation is 1. The average molecular weight is 240 g/mol. The van der Waals surface area contributed by atoms with Crippen molar-refractivity contribution in [2.24, 2.45) is 5.73 Å². The second kappa shape index (κ2) is 5.75. The molecular weight excluding hydrogens is 220 g/mol. The molecule has 0 atom stereocenters. The number of thiazole rings is 1. The van der Waals surface area contributed by atoms with Gasteiger partial charge in [-0.3, -0.25) is 0 Å². The van der Waals surface area contributed by atoms with Crippen molar-refractivity contribution in [1.29, 1.82) is 0 Å². The van der Waals surface area contributed by atoms with Crippen LogP contribution >= 0.6 is 11.3 Å². The summed E-state index contributed by atoms with van der Waals surface area (Å²) in [7, 11) is 0. The summed E-state index contributed by atoms with van der Waals surface area (Å²) in [5.74, 6) is 0. The monoisotopic (exact) mass is 240 g/mol. The van der Waals surface area contributed by atoms with Crippen molar-refractivity contribution in [1.82, 2.24) is 4.98 Å². The molecule has 3 nitrogen and oxygen atoms in total. The van der Waals surface area contributed by atoms with Crippen molar-refractivity contribution in [2.45, 2.75) is 51.2 Å². The summed E-state index contributed by atoms with van der Waals surface area (Å²) >= 11 is 1.73. The minimum atomic E-state index is 0.406. The number of hydrogen-bond acceptors (Lipinski definition) is 4. The highest BCUT2D eigenvalue weighted by atomic mass is 32.1. The molecule has 0 saturated heterocycles. The highest BCUT2D eigenvalue weighted by Crippen LogP contribution is 2.20. The maximum absolute atomic E-state index is 5.88. The van der Waals surface area contributed by atoms with Gasteiger partial charge in [0, 0.05) is 17.3 Å². The van der Waals surface area contributed by atoms with E-state index in [1.165, 1.54) is 4.88 Å². The highest BCUT2D eigenvalue weighted by Gasteiger charge is 2.18. The predicted octanol–water partition coefficient (Wildman–Crippen LogP) is 2.28. The molecule has 0 spiro atoms. The number of nitrogens with zero attached hydrogens (tertiary/aromatic N) is 1. The zero-order valence-corrected chi connectivity index (χ0v) is 10.6. The number of aromatic nitrogens is 1. The molecule has 0 aromatic carbocycles. The molecule has 4 heteroatoms. The van der Waals surface area contributed by atoms with Gasteiger partial charge in [-0.1, -0.05) is 0 Å². The van der Waals surface area contributed by atoms with Crippen molar-refractivity contribution in [3.63, 3.8) is 0 Å². The molecule has 2 rings (SSSR count). The summed E-state index contributed by atoms with van der Waals surface area (Å²) in [6, 6.07) is 0.406. The van der Waals surface area contributed by atoms with Crippen LogP contribution in [0.1, 0.15) is 36.3 Å². The van der Waals surface area contributed by atoms with E-state index in [0.717, 1.165) is 44.4 Å². The van der Waals surface area contributed by atoms with Crippen LogP contribution in [0.15, 0.2) is 5.51 Å². The number of rotatable bonds is 4. The standard InChI is InChI=1S/C12H20N2OS/c1-9-12(16-8-14-9)6-7-15-11-4-2-10(13)3-5-11/h8,10-11H,2-7,13H2,1H3. The Morgan fingerprint density at radius 2 is 2.19 bits per heavy atom. The van der Waals surface area contributed by atoms with E-state index in [2.05, 4.69) is 11.9 Å². The fourth-order valence-electron chi connectivity index (χ4n) is 2.14. The Morgan fingerprint density at radius 1 is 1.44 bits per heavy atom. The van der Waals surface area contributed by atoms with Crippen LogP contribution in [-0.2, 0) is 11.2 Å². The van der Waals surface area contributed by atoms with Gasteiger partial charge < -0.3 is 10.5 Å². The maximum atomic E-state index is 5.88. The first-order valence-corrected chi connectivity index (χ1v) is 6.90. The van der Waals surface area contributed by atoms with E-state index in [-0.39, 0.29) is 0 Å². The largest absolute Gasteiger partial charge is 0.378 e. The molecule has 1 saturated carbocycles. The Balaban J connectivity index is 1.67. The van der Waals surface area contributed by atoms with Crippen LogP contribution in [-0.4, -0.2) is 23.7 Å². The van der Waals surface area contributed by atoms with E-state index in [9.17, 15) is 0 Å². The van der Waals surface area contributed by atoms with Gasteiger partial charge in [-0.25, -0.2) is 4.98 Å². The molecule has 0 amide bonds. The van der Waals surface area contributed by atoms with E-state index < -0.39 is 0 Å². The van der Waals surface area contributed by atoms with Crippen LogP contribution in [0, 0.1) is 6.92 Å². The smallest absolute Gasteiger partial charge is 0.0797 e. The Kier molecular flexibility index (Phi) is 4.32. The summed E-state index contributed by atoms with van der Waals surface area (Å²) in [6.07, 6.45) is 5.92. The second-order valence-electron chi connectivity index (χ2n) is 4.52. The Hall–Kier alpha value is -0.450. The van der Waals surface area contributed by atoms with E-state index in [1.807, 2.05) is 5.51 Å². The SMILES string of the molecule is Cc1ncsc1CCOC1CCC(N)CC1. The molecule has 1 aromatic rings. The number of ether oxygens (including phenoxy) is 1. The predicted molar refractivity (Wildman–Crippen MR) is 66.7 cm³/mol. The van der Waals surface area contributed by atoms with Gasteiger partial charge >= 0.3 is 0 Å². The lowest BCUT2D eigenvalue weighted by molar-refractivity contribution is 0.0272. The fraction of sp³-hybridized carbons (Fsp3) is 0.750. The zero-order valence-electron chi connectivity index (χ0n) is 9.82. The van der Waals surface area contributed by atoms with E-state index >= 15 is 0 Å². The molecule has 90 valence electrons. The normalized spacial score (nSPS) is 25.9. The topological polar surface area (TPSA) is 48.1 Å². The number of nitrogens with two attached hydrogens (primary N) is 1. The first kappa shape index (κ1) is 12.0. The van der Waals surface area contributed by atoms with Gasteiger partial charge in [-0.2, -0.15) is 0 Å². The Labute approximate surface area is 101 Å². The van der Waals surface area contributed by atoms with Crippen LogP contribution in [0.25, 0.3) is 0 Å². The molecule has 0 bridgehead atoms. The second-order valence-corrected chi connectivity index (χ2v) is 5.46. The third kappa shape index (κ3) is 3.27. The quantitative estimate of drug-likeness (QED) is 0.878. The van der Waals surface area contributed by atoms with Crippen molar-refractivity contribution < 1.29 is 4.74 Å². The molecule has 1 fully saturated rings. The maximum Gasteiger partial charge on any atom is 0.0797 e. The van der Waals surface area contributed by atoms with Crippen LogP contribution in [0.4, 0.5) is 0 Å². The zero-order chi connectivity index (χ0) is 11.4. The van der Waals surface area contributed by atoms with Crippen LogP contribution < -0.4 is 5.73 Å². The molecular formula is C12H20N2OS. The van der Waals surface area contributed by atoms with Crippen LogP contribution in [0.2, 0.25) is 0 Å². The van der Waals surface area contributed by atoms with Gasteiger partial charge in [0.1, 0.15) is 0 Å². The van der Waals surface area contributed by atoms with E-state index in [4.69, 9.17) is 10.5 Å². The van der Waals surface area contributed by atoms with E-state index in [1.54, 1.807) is 11.3 Å². The average Bonchev–Trinajstić information content (AvgIpc) is 2.68. The first-order chi connectivity index (χ1) is 7.75. The van der Waals surface area contributed by atoms with E-state index in [0.29, 0.717) is 12.1 Å². The molecule has 16 heavy (non-hydrogen) atoms. The highest BCUT2D eigenvalue weighted by molar-refractivity contribution is 7.09. The fourth-order valence-corrected chi connectivity index (χ4v) is 2.90. The number of hydrogen-bond donors (Lipinski definition) is 1. The molecule has 0 unspecified atom stereocenters. The minimum absolute atomic E-state index is 0.406. The summed E-state index contributed by atoms with van der Waals surface area (Å²) in [4.78, 5) is 5.59. The third-order valence-electron chi connectivity index (χ3n) is 3.25.